The van der Waals surface area contributed by atoms with Gasteiger partial charge in [0.05, 0.1) is 12.7 Å². The largest absolute Gasteiger partial charge is 0.414 e. The van der Waals surface area contributed by atoms with E-state index in [1.807, 2.05) is 0 Å². The van der Waals surface area contributed by atoms with E-state index in [1.54, 1.807) is 6.92 Å². The molecular weight excluding hydrogens is 559 g/mol. The first kappa shape index (κ1) is 32.1. The molecule has 1 amide bonds. The molecule has 0 saturated carbocycles. The van der Waals surface area contributed by atoms with Gasteiger partial charge in [0, 0.05) is 19.4 Å². The number of nitrogens with one attached hydrogen (secondary N) is 1. The van der Waals surface area contributed by atoms with Crippen molar-refractivity contribution in [2.45, 2.75) is 115 Å². The smallest absolute Gasteiger partial charge is 0.351 e. The molecule has 1 N–H and O–H groups in total. The summed E-state index contributed by atoms with van der Waals surface area (Å²) in [6.45, 7) is 19.6. The van der Waals surface area contributed by atoms with Gasteiger partial charge in [-0.1, -0.05) is 55.4 Å². The lowest BCUT2D eigenvalue weighted by Crippen LogP contribution is -2.67. The van der Waals surface area contributed by atoms with Crippen molar-refractivity contribution >= 4 is 38.7 Å². The Morgan fingerprint density at radius 2 is 1.62 bits per heavy atom. The maximum atomic E-state index is 13.6. The molecule has 2 saturated heterocycles. The minimum Gasteiger partial charge on any atom is -0.414 e. The van der Waals surface area contributed by atoms with Crippen LogP contribution in [-0.2, 0) is 32.3 Å². The third-order valence-corrected chi connectivity index (χ3v) is 20.5. The van der Waals surface area contributed by atoms with Gasteiger partial charge in [-0.15, -0.1) is 0 Å². The molecular formula is C25H45N3O8SSi2. The number of amides is 1. The monoisotopic (exact) mass is 603 g/mol. The van der Waals surface area contributed by atoms with Crippen molar-refractivity contribution in [3.05, 3.63) is 22.7 Å². The molecule has 0 unspecified atom stereocenters. The summed E-state index contributed by atoms with van der Waals surface area (Å²) in [6.07, 6.45) is -0.441. The van der Waals surface area contributed by atoms with Crippen LogP contribution in [0.1, 0.15) is 75.5 Å². The summed E-state index contributed by atoms with van der Waals surface area (Å²) in [6, 6.07) is 1.44. The van der Waals surface area contributed by atoms with Crippen molar-refractivity contribution < 1.29 is 30.9 Å². The van der Waals surface area contributed by atoms with Crippen LogP contribution in [0.5, 0.6) is 0 Å². The average Bonchev–Trinajstić information content (AvgIpc) is 3.04. The standard InChI is InChI=1S/C25H45N3O8SSi2/c1-15(2)38(16(3)4)33-14-20-22(35-39(36-38,17(5)6)18(7)8)25(10,37(11,31)32)23(34-20)28-13-12-21(26-19(9)29)27-24(28)30/h12-13,15-18,20,22-23H,14H2,1-11H3,(H,26,27,29,30)/t20-,22-,23-,25-/m1/s1. The maximum Gasteiger partial charge on any atom is 0.351 e. The fourth-order valence-electron chi connectivity index (χ4n) is 5.90. The van der Waals surface area contributed by atoms with E-state index in [1.165, 1.54) is 19.2 Å². The minimum absolute atomic E-state index is 0.0200. The number of hydrogen-bond donors (Lipinski definition) is 1. The molecule has 2 aliphatic heterocycles. The number of sulfone groups is 1. The van der Waals surface area contributed by atoms with Crippen molar-refractivity contribution in [1.29, 1.82) is 0 Å². The number of carbonyl (C=O) groups is 1. The molecule has 0 radical (unpaired) electrons. The van der Waals surface area contributed by atoms with E-state index < -0.39 is 55.8 Å². The second-order valence-electron chi connectivity index (χ2n) is 12.2. The third kappa shape index (κ3) is 5.45. The van der Waals surface area contributed by atoms with Crippen LogP contribution in [0.15, 0.2) is 17.1 Å². The van der Waals surface area contributed by atoms with Crippen LogP contribution in [0.3, 0.4) is 0 Å². The van der Waals surface area contributed by atoms with E-state index in [9.17, 15) is 18.0 Å². The normalized spacial score (nSPS) is 28.9. The van der Waals surface area contributed by atoms with E-state index in [2.05, 4.69) is 65.7 Å². The summed E-state index contributed by atoms with van der Waals surface area (Å²) in [7, 11) is -9.94. The minimum atomic E-state index is -3.89. The van der Waals surface area contributed by atoms with Gasteiger partial charge in [-0.2, -0.15) is 4.98 Å². The number of aromatic nitrogens is 2. The van der Waals surface area contributed by atoms with Gasteiger partial charge in [0.1, 0.15) is 16.7 Å². The molecule has 3 rings (SSSR count). The fraction of sp³-hybridized carbons (Fsp3) is 0.800. The second kappa shape index (κ2) is 11.1. The van der Waals surface area contributed by atoms with Crippen molar-refractivity contribution in [2.24, 2.45) is 0 Å². The molecule has 0 aliphatic carbocycles. The average molecular weight is 604 g/mol. The lowest BCUT2D eigenvalue weighted by Gasteiger charge is -2.52. The van der Waals surface area contributed by atoms with Crippen LogP contribution < -0.4 is 11.0 Å². The Labute approximate surface area is 234 Å². The molecule has 2 aliphatic rings. The summed E-state index contributed by atoms with van der Waals surface area (Å²) in [4.78, 5) is 28.5. The SMILES string of the molecule is CC(=O)Nc1ccn([C@@H]2O[C@@H]3CO[Si](C(C)C)(C(C)C)O[Si](C(C)C)(C(C)C)O[C@H]3[C@@]2(C)S(C)(=O)=O)c(=O)n1. The van der Waals surface area contributed by atoms with Gasteiger partial charge in [-0.3, -0.25) is 9.36 Å². The number of ether oxygens (including phenoxy) is 1. The first-order valence-electron chi connectivity index (χ1n) is 13.6. The zero-order chi connectivity index (χ0) is 29.7. The van der Waals surface area contributed by atoms with Crippen LogP contribution in [0, 0.1) is 0 Å². The van der Waals surface area contributed by atoms with Gasteiger partial charge >= 0.3 is 22.8 Å². The Bertz CT molecular complexity index is 1220. The highest BCUT2D eigenvalue weighted by Crippen LogP contribution is 2.52. The Balaban J connectivity index is 2.24. The van der Waals surface area contributed by atoms with Crippen LogP contribution in [0.25, 0.3) is 0 Å². The Morgan fingerprint density at radius 1 is 1.08 bits per heavy atom. The highest BCUT2D eigenvalue weighted by molar-refractivity contribution is 7.92. The Morgan fingerprint density at radius 3 is 2.05 bits per heavy atom. The Kier molecular flexibility index (Phi) is 9.13. The van der Waals surface area contributed by atoms with Crippen LogP contribution >= 0.6 is 0 Å². The van der Waals surface area contributed by atoms with E-state index in [0.717, 1.165) is 10.8 Å². The molecule has 222 valence electrons. The molecule has 0 aromatic carbocycles. The van der Waals surface area contributed by atoms with Crippen molar-refractivity contribution in [1.82, 2.24) is 9.55 Å². The second-order valence-corrected chi connectivity index (χ2v) is 23.4. The zero-order valence-corrected chi connectivity index (χ0v) is 27.8. The highest BCUT2D eigenvalue weighted by Gasteiger charge is 2.67. The van der Waals surface area contributed by atoms with Gasteiger partial charge in [0.2, 0.25) is 5.91 Å². The van der Waals surface area contributed by atoms with Crippen molar-refractivity contribution in [3.63, 3.8) is 0 Å². The molecule has 3 heterocycles. The predicted octanol–water partition coefficient (Wildman–Crippen LogP) is 3.86. The van der Waals surface area contributed by atoms with Gasteiger partial charge in [-0.05, 0) is 35.2 Å². The molecule has 4 atom stereocenters. The Hall–Kier alpha value is -1.43. The predicted molar refractivity (Wildman–Crippen MR) is 154 cm³/mol. The third-order valence-electron chi connectivity index (χ3n) is 8.20. The molecule has 0 bridgehead atoms. The van der Waals surface area contributed by atoms with Crippen LogP contribution in [0.4, 0.5) is 5.82 Å². The summed E-state index contributed by atoms with van der Waals surface area (Å²) < 4.78 is 54.1. The van der Waals surface area contributed by atoms with E-state index in [-0.39, 0.29) is 40.5 Å². The molecule has 39 heavy (non-hydrogen) atoms. The first-order valence-corrected chi connectivity index (χ1v) is 19.4. The number of nitrogens with zero attached hydrogens (tertiary/aromatic N) is 2. The quantitative estimate of drug-likeness (QED) is 0.461. The molecule has 1 aromatic heterocycles. The van der Waals surface area contributed by atoms with Crippen LogP contribution in [0.2, 0.25) is 22.2 Å². The zero-order valence-electron chi connectivity index (χ0n) is 25.0. The lowest BCUT2D eigenvalue weighted by molar-refractivity contribution is -0.114. The topological polar surface area (TPSA) is 135 Å². The number of anilines is 1. The van der Waals surface area contributed by atoms with Gasteiger partial charge < -0.3 is 23.0 Å². The molecule has 0 spiro atoms. The fourth-order valence-corrected chi connectivity index (χ4v) is 18.4. The summed E-state index contributed by atoms with van der Waals surface area (Å²) >= 11 is 0. The first-order chi connectivity index (χ1) is 17.8. The molecule has 2 fully saturated rings. The maximum absolute atomic E-state index is 13.6. The van der Waals surface area contributed by atoms with Crippen molar-refractivity contribution in [2.75, 3.05) is 18.2 Å². The number of rotatable bonds is 7. The summed E-state index contributed by atoms with van der Waals surface area (Å²) in [5.41, 5.74) is -0.582. The van der Waals surface area contributed by atoms with Crippen LogP contribution in [-0.4, -0.2) is 70.8 Å². The highest BCUT2D eigenvalue weighted by atomic mass is 32.2. The molecule has 1 aromatic rings. The molecule has 14 heteroatoms. The summed E-state index contributed by atoms with van der Waals surface area (Å²) in [5, 5.41) is 2.47. The molecule has 11 nitrogen and oxygen atoms in total. The van der Waals surface area contributed by atoms with Gasteiger partial charge in [0.15, 0.2) is 16.1 Å². The summed E-state index contributed by atoms with van der Waals surface area (Å²) in [5.74, 6) is -0.314. The van der Waals surface area contributed by atoms with E-state index >= 15 is 0 Å². The van der Waals surface area contributed by atoms with Crippen molar-refractivity contribution in [3.8, 4) is 0 Å². The van der Waals surface area contributed by atoms with E-state index in [4.69, 9.17) is 17.7 Å². The van der Waals surface area contributed by atoms with E-state index in [0.29, 0.717) is 0 Å². The van der Waals surface area contributed by atoms with Gasteiger partial charge in [0.25, 0.3) is 0 Å². The number of carbonyl (C=O) groups excluding carboxylic acids is 1. The number of fused-ring (bicyclic) bond motifs is 1. The number of hydrogen-bond acceptors (Lipinski definition) is 9. The lowest BCUT2D eigenvalue weighted by atomic mass is 10.0. The van der Waals surface area contributed by atoms with Gasteiger partial charge in [-0.25, -0.2) is 13.2 Å².